The van der Waals surface area contributed by atoms with Crippen LogP contribution in [0.25, 0.3) is 17.0 Å². The van der Waals surface area contributed by atoms with Crippen molar-refractivity contribution in [3.05, 3.63) is 48.9 Å². The fourth-order valence-corrected chi connectivity index (χ4v) is 2.73. The minimum Gasteiger partial charge on any atom is -0.368 e. The topological polar surface area (TPSA) is 68.5 Å². The Balaban J connectivity index is 1.59. The summed E-state index contributed by atoms with van der Waals surface area (Å²) in [6.45, 7) is 0.659. The zero-order chi connectivity index (χ0) is 15.6. The number of hydrogen-bond acceptors (Lipinski definition) is 4. The fraction of sp³-hybridized carbons (Fsp3) is 0.235. The van der Waals surface area contributed by atoms with Gasteiger partial charge in [-0.25, -0.2) is 9.97 Å². The highest BCUT2D eigenvalue weighted by Crippen LogP contribution is 2.23. The van der Waals surface area contributed by atoms with Crippen molar-refractivity contribution in [3.63, 3.8) is 0 Å². The monoisotopic (exact) mass is 308 g/mol. The Kier molecular flexibility index (Phi) is 3.51. The summed E-state index contributed by atoms with van der Waals surface area (Å²) >= 11 is 0. The van der Waals surface area contributed by atoms with Crippen LogP contribution in [0.2, 0.25) is 0 Å². The molecular weight excluding hydrogens is 292 g/mol. The van der Waals surface area contributed by atoms with Crippen molar-refractivity contribution >= 4 is 17.4 Å². The van der Waals surface area contributed by atoms with Crippen molar-refractivity contribution in [2.45, 2.75) is 18.9 Å². The first-order chi connectivity index (χ1) is 11.3. The molecule has 1 aliphatic rings. The van der Waals surface area contributed by atoms with E-state index in [9.17, 15) is 4.79 Å². The van der Waals surface area contributed by atoms with E-state index in [0.29, 0.717) is 12.4 Å². The minimum atomic E-state index is -0.335. The Morgan fingerprint density at radius 1 is 1.35 bits per heavy atom. The van der Waals surface area contributed by atoms with Crippen molar-refractivity contribution in [3.8, 4) is 11.3 Å². The van der Waals surface area contributed by atoms with E-state index >= 15 is 0 Å². The third kappa shape index (κ3) is 2.80. The fourth-order valence-electron chi connectivity index (χ4n) is 2.73. The molecule has 0 radical (unpaired) electrons. The second-order valence-corrected chi connectivity index (χ2v) is 5.52. The summed E-state index contributed by atoms with van der Waals surface area (Å²) in [6.07, 6.45) is 6.92. The van der Waals surface area contributed by atoms with Crippen LogP contribution in [0.5, 0.6) is 0 Å². The van der Waals surface area contributed by atoms with Crippen LogP contribution in [0.1, 0.15) is 12.8 Å². The van der Waals surface area contributed by atoms with Crippen LogP contribution in [0.4, 0.5) is 5.69 Å². The molecule has 116 valence electrons. The number of hydrogen-bond donors (Lipinski definition) is 1. The second-order valence-electron chi connectivity index (χ2n) is 5.52. The molecule has 2 aromatic heterocycles. The molecule has 3 aromatic rings. The molecule has 0 saturated carbocycles. The molecule has 1 aromatic carbocycles. The molecule has 1 atom stereocenters. The number of carbonyl (C=O) groups is 1. The highest BCUT2D eigenvalue weighted by atomic mass is 16.5. The van der Waals surface area contributed by atoms with Crippen LogP contribution in [0.15, 0.2) is 48.9 Å². The highest BCUT2D eigenvalue weighted by Gasteiger charge is 2.23. The van der Waals surface area contributed by atoms with Crippen molar-refractivity contribution in [1.29, 1.82) is 0 Å². The summed E-state index contributed by atoms with van der Waals surface area (Å²) < 4.78 is 7.27. The predicted octanol–water partition coefficient (Wildman–Crippen LogP) is 2.51. The highest BCUT2D eigenvalue weighted by molar-refractivity contribution is 5.94. The van der Waals surface area contributed by atoms with E-state index in [2.05, 4.69) is 15.3 Å². The number of imidazole rings is 1. The Hall–Kier alpha value is -2.73. The van der Waals surface area contributed by atoms with E-state index in [4.69, 9.17) is 4.74 Å². The lowest BCUT2D eigenvalue weighted by molar-refractivity contribution is -0.124. The molecule has 6 heteroatoms. The van der Waals surface area contributed by atoms with Crippen LogP contribution < -0.4 is 5.32 Å². The number of ether oxygens (including phenoxy) is 1. The minimum absolute atomic E-state index is 0.0867. The van der Waals surface area contributed by atoms with Gasteiger partial charge < -0.3 is 10.1 Å². The zero-order valence-corrected chi connectivity index (χ0v) is 12.5. The molecule has 23 heavy (non-hydrogen) atoms. The molecule has 4 rings (SSSR count). The predicted molar refractivity (Wildman–Crippen MR) is 86.0 cm³/mol. The van der Waals surface area contributed by atoms with Gasteiger partial charge in [-0.2, -0.15) is 0 Å². The number of rotatable bonds is 3. The summed E-state index contributed by atoms with van der Waals surface area (Å²) in [5.74, 6) is 0.563. The van der Waals surface area contributed by atoms with Gasteiger partial charge in [-0.15, -0.1) is 0 Å². The standard InChI is InChI=1S/C17H16N4O2/c22-16(15-6-2-9-23-15)19-13-5-1-4-12(10-13)14-11-21-8-3-7-18-17(21)20-14/h1,3-5,7-8,10-11,15H,2,6,9H2,(H,19,22). The van der Waals surface area contributed by atoms with E-state index in [1.54, 1.807) is 6.20 Å². The lowest BCUT2D eigenvalue weighted by Crippen LogP contribution is -2.26. The molecule has 1 saturated heterocycles. The van der Waals surface area contributed by atoms with Crippen LogP contribution in [-0.4, -0.2) is 33.0 Å². The molecule has 1 N–H and O–H groups in total. The maximum Gasteiger partial charge on any atom is 0.253 e. The van der Waals surface area contributed by atoms with Crippen LogP contribution in [0, 0.1) is 0 Å². The molecule has 1 unspecified atom stereocenters. The Bertz CT molecular complexity index is 819. The Morgan fingerprint density at radius 2 is 2.30 bits per heavy atom. The summed E-state index contributed by atoms with van der Waals surface area (Å²) in [6, 6.07) is 9.50. The van der Waals surface area contributed by atoms with Gasteiger partial charge >= 0.3 is 0 Å². The molecule has 1 fully saturated rings. The molecule has 3 heterocycles. The van der Waals surface area contributed by atoms with Crippen molar-refractivity contribution in [2.75, 3.05) is 11.9 Å². The number of nitrogens with one attached hydrogen (secondary N) is 1. The van der Waals surface area contributed by atoms with Gasteiger partial charge in [-0.05, 0) is 31.0 Å². The number of nitrogens with zero attached hydrogens (tertiary/aromatic N) is 3. The lowest BCUT2D eigenvalue weighted by atomic mass is 10.1. The third-order valence-electron chi connectivity index (χ3n) is 3.88. The molecule has 1 amide bonds. The first kappa shape index (κ1) is 13.9. The van der Waals surface area contributed by atoms with Crippen LogP contribution in [0.3, 0.4) is 0 Å². The smallest absolute Gasteiger partial charge is 0.253 e. The lowest BCUT2D eigenvalue weighted by Gasteiger charge is -2.10. The second kappa shape index (κ2) is 5.81. The van der Waals surface area contributed by atoms with Crippen molar-refractivity contribution < 1.29 is 9.53 Å². The zero-order valence-electron chi connectivity index (χ0n) is 12.5. The number of anilines is 1. The molecule has 1 aliphatic heterocycles. The van der Waals surface area contributed by atoms with Gasteiger partial charge in [0.2, 0.25) is 5.78 Å². The maximum absolute atomic E-state index is 12.1. The first-order valence-corrected chi connectivity index (χ1v) is 7.62. The third-order valence-corrected chi connectivity index (χ3v) is 3.88. The number of amides is 1. The van der Waals surface area contributed by atoms with E-state index in [1.807, 2.05) is 47.1 Å². The number of carbonyl (C=O) groups excluding carboxylic acids is 1. The van der Waals surface area contributed by atoms with Crippen LogP contribution >= 0.6 is 0 Å². The first-order valence-electron chi connectivity index (χ1n) is 7.62. The number of fused-ring (bicyclic) bond motifs is 1. The van der Waals surface area contributed by atoms with E-state index in [-0.39, 0.29) is 12.0 Å². The average Bonchev–Trinajstić information content (AvgIpc) is 3.24. The van der Waals surface area contributed by atoms with Gasteiger partial charge in [0.25, 0.3) is 5.91 Å². The van der Waals surface area contributed by atoms with E-state index in [0.717, 1.165) is 29.8 Å². The molecule has 0 aliphatic carbocycles. The summed E-state index contributed by atoms with van der Waals surface area (Å²) in [4.78, 5) is 20.8. The molecule has 6 nitrogen and oxygen atoms in total. The molecule has 0 bridgehead atoms. The van der Waals surface area contributed by atoms with Gasteiger partial charge in [0.1, 0.15) is 6.10 Å². The van der Waals surface area contributed by atoms with Gasteiger partial charge in [0.15, 0.2) is 0 Å². The molecule has 0 spiro atoms. The van der Waals surface area contributed by atoms with E-state index in [1.165, 1.54) is 0 Å². The quantitative estimate of drug-likeness (QED) is 0.807. The van der Waals surface area contributed by atoms with Gasteiger partial charge in [0.05, 0.1) is 5.69 Å². The number of benzene rings is 1. The average molecular weight is 308 g/mol. The van der Waals surface area contributed by atoms with Gasteiger partial charge in [0, 0.05) is 36.4 Å². The normalized spacial score (nSPS) is 17.5. The number of aromatic nitrogens is 3. The summed E-state index contributed by atoms with van der Waals surface area (Å²) in [5, 5.41) is 2.91. The maximum atomic E-state index is 12.1. The van der Waals surface area contributed by atoms with Gasteiger partial charge in [-0.1, -0.05) is 12.1 Å². The van der Waals surface area contributed by atoms with E-state index < -0.39 is 0 Å². The van der Waals surface area contributed by atoms with Crippen molar-refractivity contribution in [2.24, 2.45) is 0 Å². The molecular formula is C17H16N4O2. The van der Waals surface area contributed by atoms with Crippen molar-refractivity contribution in [1.82, 2.24) is 14.4 Å². The SMILES string of the molecule is O=C(Nc1cccc(-c2cn3cccnc3n2)c1)C1CCCO1. The summed E-state index contributed by atoms with van der Waals surface area (Å²) in [5.41, 5.74) is 2.49. The Labute approximate surface area is 133 Å². The van der Waals surface area contributed by atoms with Gasteiger partial charge in [-0.3, -0.25) is 9.20 Å². The summed E-state index contributed by atoms with van der Waals surface area (Å²) in [7, 11) is 0. The van der Waals surface area contributed by atoms with Crippen LogP contribution in [-0.2, 0) is 9.53 Å². The Morgan fingerprint density at radius 3 is 3.13 bits per heavy atom. The largest absolute Gasteiger partial charge is 0.368 e.